The molecule has 1 amide bonds. The SMILES string of the molecule is COC(=O)c1c(-c2ccccc2Cl)csc1NC(=O)COC(=O)c1c(C)nn2cccnc12. The van der Waals surface area contributed by atoms with E-state index < -0.39 is 24.5 Å². The number of hydrogen-bond donors (Lipinski definition) is 1. The van der Waals surface area contributed by atoms with E-state index in [1.807, 2.05) is 0 Å². The number of nitrogens with zero attached hydrogens (tertiary/aromatic N) is 3. The number of benzene rings is 1. The number of carbonyl (C=O) groups excluding carboxylic acids is 3. The van der Waals surface area contributed by atoms with Gasteiger partial charge in [-0.25, -0.2) is 19.1 Å². The second kappa shape index (κ2) is 9.39. The van der Waals surface area contributed by atoms with Crippen LogP contribution in [0, 0.1) is 6.92 Å². The molecule has 1 N–H and O–H groups in total. The van der Waals surface area contributed by atoms with Crippen molar-refractivity contribution in [2.75, 3.05) is 19.0 Å². The highest BCUT2D eigenvalue weighted by Crippen LogP contribution is 2.39. The summed E-state index contributed by atoms with van der Waals surface area (Å²) in [5, 5.41) is 9.21. The number of aromatic nitrogens is 3. The number of ether oxygens (including phenoxy) is 2. The summed E-state index contributed by atoms with van der Waals surface area (Å²) in [6.45, 7) is 1.08. The van der Waals surface area contributed by atoms with Crippen LogP contribution in [0.2, 0.25) is 5.02 Å². The number of nitrogens with one attached hydrogen (secondary N) is 1. The van der Waals surface area contributed by atoms with E-state index >= 15 is 0 Å². The minimum Gasteiger partial charge on any atom is -0.465 e. The molecular formula is C22H17ClN4O5S. The second-order valence-electron chi connectivity index (χ2n) is 6.80. The quantitative estimate of drug-likeness (QED) is 0.411. The van der Waals surface area contributed by atoms with Crippen LogP contribution in [0.1, 0.15) is 26.4 Å². The lowest BCUT2D eigenvalue weighted by atomic mass is 10.0. The van der Waals surface area contributed by atoms with Crippen molar-refractivity contribution in [3.8, 4) is 11.1 Å². The van der Waals surface area contributed by atoms with Gasteiger partial charge in [-0.15, -0.1) is 11.3 Å². The van der Waals surface area contributed by atoms with Crippen LogP contribution in [-0.4, -0.2) is 46.2 Å². The second-order valence-corrected chi connectivity index (χ2v) is 8.08. The van der Waals surface area contributed by atoms with Crippen LogP contribution in [0.4, 0.5) is 5.00 Å². The topological polar surface area (TPSA) is 112 Å². The highest BCUT2D eigenvalue weighted by molar-refractivity contribution is 7.15. The maximum atomic E-state index is 12.6. The first-order valence-electron chi connectivity index (χ1n) is 9.62. The molecule has 0 aliphatic carbocycles. The lowest BCUT2D eigenvalue weighted by Crippen LogP contribution is -2.22. The third-order valence-electron chi connectivity index (χ3n) is 4.71. The average Bonchev–Trinajstić information content (AvgIpc) is 3.37. The standard InChI is InChI=1S/C22H17ClN4O5S/c1-12-17(19-24-8-5-9-27(19)26-12)22(30)32-10-16(28)25-20-18(21(29)31-2)14(11-33-20)13-6-3-4-7-15(13)23/h3-9,11H,10H2,1-2H3,(H,25,28). The molecule has 9 nitrogen and oxygen atoms in total. The van der Waals surface area contributed by atoms with Crippen molar-refractivity contribution in [3.05, 3.63) is 69.9 Å². The molecule has 3 heterocycles. The van der Waals surface area contributed by atoms with Gasteiger partial charge in [-0.3, -0.25) is 4.79 Å². The Morgan fingerprint density at radius 2 is 1.91 bits per heavy atom. The van der Waals surface area contributed by atoms with E-state index in [-0.39, 0.29) is 16.1 Å². The van der Waals surface area contributed by atoms with Gasteiger partial charge in [0.15, 0.2) is 12.3 Å². The molecule has 4 aromatic rings. The molecule has 0 saturated heterocycles. The summed E-state index contributed by atoms with van der Waals surface area (Å²) in [5.74, 6) is -1.98. The van der Waals surface area contributed by atoms with Crippen LogP contribution in [0.5, 0.6) is 0 Å². The summed E-state index contributed by atoms with van der Waals surface area (Å²) < 4.78 is 11.5. The van der Waals surface area contributed by atoms with Crippen LogP contribution in [0.15, 0.2) is 48.1 Å². The number of fused-ring (bicyclic) bond motifs is 1. The average molecular weight is 485 g/mol. The number of halogens is 1. The Morgan fingerprint density at radius 1 is 1.12 bits per heavy atom. The van der Waals surface area contributed by atoms with E-state index in [1.165, 1.54) is 17.8 Å². The predicted octanol–water partition coefficient (Wildman–Crippen LogP) is 4.00. The Hall–Kier alpha value is -3.76. The van der Waals surface area contributed by atoms with E-state index in [9.17, 15) is 14.4 Å². The van der Waals surface area contributed by atoms with Gasteiger partial charge in [0.2, 0.25) is 0 Å². The van der Waals surface area contributed by atoms with Gasteiger partial charge < -0.3 is 14.8 Å². The van der Waals surface area contributed by atoms with Gasteiger partial charge in [-0.05, 0) is 19.1 Å². The van der Waals surface area contributed by atoms with Gasteiger partial charge in [0, 0.05) is 33.9 Å². The normalized spacial score (nSPS) is 10.8. The fourth-order valence-corrected chi connectivity index (χ4v) is 4.44. The largest absolute Gasteiger partial charge is 0.465 e. The minimum atomic E-state index is -0.729. The molecule has 0 unspecified atom stereocenters. The molecule has 0 atom stereocenters. The van der Waals surface area contributed by atoms with Crippen molar-refractivity contribution in [2.45, 2.75) is 6.92 Å². The molecule has 0 aliphatic rings. The molecule has 0 radical (unpaired) electrons. The summed E-state index contributed by atoms with van der Waals surface area (Å²) in [5.41, 5.74) is 2.25. The van der Waals surface area contributed by atoms with Crippen molar-refractivity contribution in [2.24, 2.45) is 0 Å². The van der Waals surface area contributed by atoms with E-state index in [1.54, 1.807) is 48.8 Å². The molecule has 0 fully saturated rings. The maximum Gasteiger partial charge on any atom is 0.344 e. The number of amides is 1. The molecule has 1 aromatic carbocycles. The molecule has 4 rings (SSSR count). The van der Waals surface area contributed by atoms with Crippen molar-refractivity contribution in [1.82, 2.24) is 14.6 Å². The maximum absolute atomic E-state index is 12.6. The Morgan fingerprint density at radius 3 is 2.67 bits per heavy atom. The van der Waals surface area contributed by atoms with Crippen LogP contribution in [-0.2, 0) is 14.3 Å². The first-order valence-corrected chi connectivity index (χ1v) is 10.9. The lowest BCUT2D eigenvalue weighted by Gasteiger charge is -2.09. The summed E-state index contributed by atoms with van der Waals surface area (Å²) in [7, 11) is 1.25. The highest BCUT2D eigenvalue weighted by atomic mass is 35.5. The minimum absolute atomic E-state index is 0.165. The number of anilines is 1. The van der Waals surface area contributed by atoms with E-state index in [4.69, 9.17) is 21.1 Å². The highest BCUT2D eigenvalue weighted by Gasteiger charge is 2.25. The summed E-state index contributed by atoms with van der Waals surface area (Å²) in [4.78, 5) is 41.7. The molecule has 0 spiro atoms. The summed E-state index contributed by atoms with van der Waals surface area (Å²) in [6, 6.07) is 8.70. The number of carbonyl (C=O) groups is 3. The predicted molar refractivity (Wildman–Crippen MR) is 123 cm³/mol. The first-order chi connectivity index (χ1) is 15.9. The van der Waals surface area contributed by atoms with Crippen LogP contribution in [0.3, 0.4) is 0 Å². The van der Waals surface area contributed by atoms with E-state index in [2.05, 4.69) is 15.4 Å². The van der Waals surface area contributed by atoms with E-state index in [0.29, 0.717) is 27.5 Å². The number of aryl methyl sites for hydroxylation is 1. The Kier molecular flexibility index (Phi) is 6.38. The molecule has 0 aliphatic heterocycles. The van der Waals surface area contributed by atoms with Gasteiger partial charge in [-0.1, -0.05) is 29.8 Å². The smallest absolute Gasteiger partial charge is 0.344 e. The van der Waals surface area contributed by atoms with Gasteiger partial charge in [0.05, 0.1) is 12.8 Å². The molecule has 0 bridgehead atoms. The zero-order valence-electron chi connectivity index (χ0n) is 17.5. The monoisotopic (exact) mass is 484 g/mol. The Bertz CT molecular complexity index is 1380. The van der Waals surface area contributed by atoms with Crippen molar-refractivity contribution in [3.63, 3.8) is 0 Å². The van der Waals surface area contributed by atoms with E-state index in [0.717, 1.165) is 11.3 Å². The third kappa shape index (κ3) is 4.43. The molecule has 3 aromatic heterocycles. The van der Waals surface area contributed by atoms with Crippen molar-refractivity contribution in [1.29, 1.82) is 0 Å². The number of methoxy groups -OCH3 is 1. The lowest BCUT2D eigenvalue weighted by molar-refractivity contribution is -0.119. The van der Waals surface area contributed by atoms with Crippen LogP contribution < -0.4 is 5.32 Å². The number of hydrogen-bond acceptors (Lipinski definition) is 8. The van der Waals surface area contributed by atoms with Crippen molar-refractivity contribution >= 4 is 51.4 Å². The van der Waals surface area contributed by atoms with Gasteiger partial charge >= 0.3 is 11.9 Å². The van der Waals surface area contributed by atoms with Gasteiger partial charge in [0.25, 0.3) is 5.91 Å². The molecule has 33 heavy (non-hydrogen) atoms. The summed E-state index contributed by atoms with van der Waals surface area (Å²) in [6.07, 6.45) is 3.18. The fourth-order valence-electron chi connectivity index (χ4n) is 3.23. The van der Waals surface area contributed by atoms with Crippen LogP contribution >= 0.6 is 22.9 Å². The van der Waals surface area contributed by atoms with Crippen molar-refractivity contribution < 1.29 is 23.9 Å². The van der Waals surface area contributed by atoms with Gasteiger partial charge in [-0.2, -0.15) is 5.10 Å². The van der Waals surface area contributed by atoms with Crippen LogP contribution in [0.25, 0.3) is 16.8 Å². The fraction of sp³-hybridized carbons (Fsp3) is 0.136. The zero-order chi connectivity index (χ0) is 23.5. The Balaban J connectivity index is 1.52. The molecular weight excluding hydrogens is 468 g/mol. The molecule has 11 heteroatoms. The summed E-state index contributed by atoms with van der Waals surface area (Å²) >= 11 is 7.41. The first kappa shape index (κ1) is 22.4. The zero-order valence-corrected chi connectivity index (χ0v) is 19.1. The Labute approximate surface area is 196 Å². The third-order valence-corrected chi connectivity index (χ3v) is 5.93. The number of rotatable bonds is 6. The molecule has 0 saturated carbocycles. The number of esters is 2. The number of thiophene rings is 1. The molecule has 168 valence electrons. The van der Waals surface area contributed by atoms with Gasteiger partial charge in [0.1, 0.15) is 16.1 Å².